The predicted molar refractivity (Wildman–Crippen MR) is 105 cm³/mol. The molecule has 1 unspecified atom stereocenters. The zero-order valence-electron chi connectivity index (χ0n) is 16.6. The van der Waals surface area contributed by atoms with Crippen LogP contribution >= 0.6 is 0 Å². The van der Waals surface area contributed by atoms with Crippen LogP contribution in [0.2, 0.25) is 0 Å². The van der Waals surface area contributed by atoms with E-state index in [9.17, 15) is 9.59 Å². The molecule has 1 N–H and O–H groups in total. The van der Waals surface area contributed by atoms with Gasteiger partial charge in [0, 0.05) is 13.5 Å². The first-order valence-corrected chi connectivity index (χ1v) is 10.2. The van der Waals surface area contributed by atoms with Gasteiger partial charge in [-0.2, -0.15) is 0 Å². The second kappa shape index (κ2) is 12.9. The Morgan fingerprint density at radius 3 is 1.96 bits per heavy atom. The summed E-state index contributed by atoms with van der Waals surface area (Å²) in [5.74, 6) is -0.493. The Bertz CT molecular complexity index is 492. The number of unbranched alkanes of at least 4 members (excludes halogenated alkanes) is 10. The Labute approximate surface area is 158 Å². The lowest BCUT2D eigenvalue weighted by atomic mass is 9.84. The Balaban J connectivity index is 2.17. The van der Waals surface area contributed by atoms with Crippen LogP contribution in [0.4, 0.5) is 0 Å². The SMILES string of the molecule is CC(=O)OC1(CCCCCCCCCCCCCO)C=CC=C(C)C1=O. The monoisotopic (exact) mass is 364 g/mol. The number of ketones is 1. The van der Waals surface area contributed by atoms with Gasteiger partial charge in [-0.05, 0) is 37.8 Å². The lowest BCUT2D eigenvalue weighted by molar-refractivity contribution is -0.159. The molecule has 1 rings (SSSR count). The van der Waals surface area contributed by atoms with E-state index < -0.39 is 11.6 Å². The predicted octanol–water partition coefficient (Wildman–Crippen LogP) is 5.05. The summed E-state index contributed by atoms with van der Waals surface area (Å²) >= 11 is 0. The van der Waals surface area contributed by atoms with Crippen molar-refractivity contribution >= 4 is 11.8 Å². The molecule has 0 fully saturated rings. The molecule has 0 aromatic rings. The standard InChI is InChI=1S/C22H36O4/c1-19-15-14-17-22(21(19)25,26-20(2)24)16-12-10-8-6-4-3-5-7-9-11-13-18-23/h14-15,17,23H,3-13,16,18H2,1-2H3. The van der Waals surface area contributed by atoms with Gasteiger partial charge in [-0.3, -0.25) is 9.59 Å². The molecule has 0 radical (unpaired) electrons. The molecule has 0 saturated carbocycles. The second-order valence-corrected chi connectivity index (χ2v) is 7.38. The molecule has 0 spiro atoms. The van der Waals surface area contributed by atoms with Crippen molar-refractivity contribution in [3.05, 3.63) is 23.8 Å². The molecule has 0 aromatic carbocycles. The highest BCUT2D eigenvalue weighted by atomic mass is 16.6. The first-order valence-electron chi connectivity index (χ1n) is 10.2. The van der Waals surface area contributed by atoms with E-state index in [2.05, 4.69) is 0 Å². The van der Waals surface area contributed by atoms with Crippen molar-refractivity contribution in [1.82, 2.24) is 0 Å². The number of aliphatic hydroxyl groups excluding tert-OH is 1. The summed E-state index contributed by atoms with van der Waals surface area (Å²) in [6, 6.07) is 0. The molecule has 0 heterocycles. The fraction of sp³-hybridized carbons (Fsp3) is 0.727. The van der Waals surface area contributed by atoms with Gasteiger partial charge in [0.25, 0.3) is 0 Å². The number of hydrogen-bond acceptors (Lipinski definition) is 4. The van der Waals surface area contributed by atoms with Crippen LogP contribution in [-0.4, -0.2) is 29.1 Å². The molecule has 0 amide bonds. The van der Waals surface area contributed by atoms with Gasteiger partial charge in [-0.15, -0.1) is 0 Å². The lowest BCUT2D eigenvalue weighted by Gasteiger charge is -2.30. The highest BCUT2D eigenvalue weighted by Crippen LogP contribution is 2.29. The molecule has 0 bridgehead atoms. The largest absolute Gasteiger partial charge is 0.447 e. The van der Waals surface area contributed by atoms with Gasteiger partial charge < -0.3 is 9.84 Å². The number of esters is 1. The molecule has 26 heavy (non-hydrogen) atoms. The van der Waals surface area contributed by atoms with E-state index >= 15 is 0 Å². The molecule has 1 aliphatic carbocycles. The van der Waals surface area contributed by atoms with Gasteiger partial charge in [0.1, 0.15) is 0 Å². The van der Waals surface area contributed by atoms with Gasteiger partial charge in [0.2, 0.25) is 5.78 Å². The average molecular weight is 365 g/mol. The molecule has 0 aliphatic heterocycles. The van der Waals surface area contributed by atoms with Gasteiger partial charge >= 0.3 is 5.97 Å². The highest BCUT2D eigenvalue weighted by molar-refractivity contribution is 6.05. The van der Waals surface area contributed by atoms with Crippen molar-refractivity contribution in [3.8, 4) is 0 Å². The number of ether oxygens (including phenoxy) is 1. The van der Waals surface area contributed by atoms with E-state index in [-0.39, 0.29) is 5.78 Å². The van der Waals surface area contributed by atoms with E-state index in [0.717, 1.165) is 32.1 Å². The van der Waals surface area contributed by atoms with Crippen molar-refractivity contribution in [2.75, 3.05) is 6.61 Å². The minimum Gasteiger partial charge on any atom is -0.447 e. The Morgan fingerprint density at radius 2 is 1.46 bits per heavy atom. The van der Waals surface area contributed by atoms with Crippen LogP contribution in [0.3, 0.4) is 0 Å². The minimum absolute atomic E-state index is 0.0867. The first kappa shape index (κ1) is 22.6. The summed E-state index contributed by atoms with van der Waals surface area (Å²) in [4.78, 5) is 24.0. The third-order valence-electron chi connectivity index (χ3n) is 4.99. The molecule has 0 saturated heterocycles. The van der Waals surface area contributed by atoms with E-state index in [1.165, 1.54) is 45.4 Å². The summed E-state index contributed by atoms with van der Waals surface area (Å²) in [6.45, 7) is 3.45. The molecule has 148 valence electrons. The summed E-state index contributed by atoms with van der Waals surface area (Å²) in [6.07, 6.45) is 18.6. The van der Waals surface area contributed by atoms with E-state index in [1.54, 1.807) is 19.1 Å². The van der Waals surface area contributed by atoms with Crippen LogP contribution in [0.1, 0.15) is 90.9 Å². The third kappa shape index (κ3) is 8.31. The highest BCUT2D eigenvalue weighted by Gasteiger charge is 2.40. The molecule has 1 atom stereocenters. The van der Waals surface area contributed by atoms with Crippen LogP contribution in [0.5, 0.6) is 0 Å². The third-order valence-corrected chi connectivity index (χ3v) is 4.99. The normalized spacial score (nSPS) is 19.5. The van der Waals surface area contributed by atoms with Crippen molar-refractivity contribution in [3.63, 3.8) is 0 Å². The van der Waals surface area contributed by atoms with Gasteiger partial charge in [0.05, 0.1) is 0 Å². The first-order chi connectivity index (χ1) is 12.5. The summed E-state index contributed by atoms with van der Waals surface area (Å²) in [5, 5.41) is 8.73. The smallest absolute Gasteiger partial charge is 0.303 e. The Kier molecular flexibility index (Phi) is 11.2. The van der Waals surface area contributed by atoms with E-state index in [1.807, 2.05) is 6.08 Å². The second-order valence-electron chi connectivity index (χ2n) is 7.38. The van der Waals surface area contributed by atoms with Crippen LogP contribution in [0.15, 0.2) is 23.8 Å². The zero-order chi connectivity index (χ0) is 19.3. The number of carbonyl (C=O) groups excluding carboxylic acids is 2. The number of carbonyl (C=O) groups is 2. The number of rotatable bonds is 14. The Hall–Kier alpha value is -1.42. The van der Waals surface area contributed by atoms with Crippen molar-refractivity contribution < 1.29 is 19.4 Å². The minimum atomic E-state index is -1.08. The van der Waals surface area contributed by atoms with Crippen molar-refractivity contribution in [2.45, 2.75) is 96.5 Å². The summed E-state index contributed by atoms with van der Waals surface area (Å²) in [5.41, 5.74) is -0.438. The average Bonchev–Trinajstić information content (AvgIpc) is 2.60. The fourth-order valence-corrected chi connectivity index (χ4v) is 3.51. The topological polar surface area (TPSA) is 63.6 Å². The zero-order valence-corrected chi connectivity index (χ0v) is 16.6. The maximum atomic E-state index is 12.5. The molecule has 4 nitrogen and oxygen atoms in total. The maximum Gasteiger partial charge on any atom is 0.303 e. The molecular weight excluding hydrogens is 328 g/mol. The quantitative estimate of drug-likeness (QED) is 0.346. The molecule has 1 aliphatic rings. The van der Waals surface area contributed by atoms with Gasteiger partial charge in [-0.1, -0.05) is 69.9 Å². The van der Waals surface area contributed by atoms with Crippen LogP contribution < -0.4 is 0 Å². The van der Waals surface area contributed by atoms with Crippen LogP contribution in [-0.2, 0) is 14.3 Å². The van der Waals surface area contributed by atoms with Crippen LogP contribution in [0.25, 0.3) is 0 Å². The summed E-state index contributed by atoms with van der Waals surface area (Å²) < 4.78 is 5.43. The number of Topliss-reactive ketones (excluding diaryl/α,β-unsaturated/α-hetero) is 1. The van der Waals surface area contributed by atoms with E-state index in [0.29, 0.717) is 18.6 Å². The van der Waals surface area contributed by atoms with Crippen LogP contribution in [0, 0.1) is 0 Å². The molecule has 4 heteroatoms. The number of hydrogen-bond donors (Lipinski definition) is 1. The Morgan fingerprint density at radius 1 is 0.962 bits per heavy atom. The lowest BCUT2D eigenvalue weighted by Crippen LogP contribution is -2.42. The molecule has 0 aromatic heterocycles. The number of aliphatic hydroxyl groups is 1. The number of allylic oxidation sites excluding steroid dienone is 2. The van der Waals surface area contributed by atoms with Gasteiger partial charge in [0.15, 0.2) is 5.60 Å². The summed E-state index contributed by atoms with van der Waals surface area (Å²) in [7, 11) is 0. The van der Waals surface area contributed by atoms with E-state index in [4.69, 9.17) is 9.84 Å². The molecular formula is C22H36O4. The van der Waals surface area contributed by atoms with Crippen molar-refractivity contribution in [1.29, 1.82) is 0 Å². The fourth-order valence-electron chi connectivity index (χ4n) is 3.51. The van der Waals surface area contributed by atoms with Gasteiger partial charge in [-0.25, -0.2) is 0 Å². The maximum absolute atomic E-state index is 12.5. The van der Waals surface area contributed by atoms with Crippen molar-refractivity contribution in [2.24, 2.45) is 0 Å².